The second-order valence-electron chi connectivity index (χ2n) is 6.39. The number of rotatable bonds is 5. The monoisotopic (exact) mass is 375 g/mol. The molecule has 6 heteroatoms. The number of thiocarbonyl (C=S) groups is 1. The van der Waals surface area contributed by atoms with Crippen LogP contribution < -0.4 is 0 Å². The first-order valence-electron chi connectivity index (χ1n) is 8.52. The minimum absolute atomic E-state index is 0.00922. The zero-order chi connectivity index (χ0) is 17.8. The third-order valence-corrected chi connectivity index (χ3v) is 6.12. The van der Waals surface area contributed by atoms with E-state index >= 15 is 0 Å². The Labute approximate surface area is 157 Å². The van der Waals surface area contributed by atoms with E-state index in [2.05, 4.69) is 4.74 Å². The molecule has 0 aromatic heterocycles. The van der Waals surface area contributed by atoms with Crippen molar-refractivity contribution in [2.75, 3.05) is 13.7 Å². The first kappa shape index (κ1) is 18.1. The van der Waals surface area contributed by atoms with Crippen molar-refractivity contribution in [3.63, 3.8) is 0 Å². The van der Waals surface area contributed by atoms with Gasteiger partial charge in [-0.1, -0.05) is 61.8 Å². The Balaban J connectivity index is 1.66. The van der Waals surface area contributed by atoms with Crippen LogP contribution in [-0.4, -0.2) is 34.8 Å². The van der Waals surface area contributed by atoms with Crippen molar-refractivity contribution in [2.24, 2.45) is 5.92 Å². The molecule has 25 heavy (non-hydrogen) atoms. The zero-order valence-electron chi connectivity index (χ0n) is 14.2. The van der Waals surface area contributed by atoms with Crippen molar-refractivity contribution in [3.8, 4) is 0 Å². The van der Waals surface area contributed by atoms with E-state index in [1.165, 1.54) is 44.6 Å². The summed E-state index contributed by atoms with van der Waals surface area (Å²) in [6.45, 7) is 0.716. The van der Waals surface area contributed by atoms with Gasteiger partial charge in [-0.3, -0.25) is 9.69 Å². The summed E-state index contributed by atoms with van der Waals surface area (Å²) in [7, 11) is 1.35. The molecule has 1 saturated carbocycles. The molecule has 1 heterocycles. The number of amides is 1. The molecule has 1 aromatic carbocycles. The maximum Gasteiger partial charge on any atom is 0.337 e. The number of carbonyl (C=O) groups excluding carboxylic acids is 2. The van der Waals surface area contributed by atoms with Crippen LogP contribution in [0, 0.1) is 5.92 Å². The highest BCUT2D eigenvalue weighted by molar-refractivity contribution is 8.26. The predicted octanol–water partition coefficient (Wildman–Crippen LogP) is 4.25. The van der Waals surface area contributed by atoms with Gasteiger partial charge in [-0.2, -0.15) is 0 Å². The maximum atomic E-state index is 12.6. The lowest BCUT2D eigenvalue weighted by atomic mass is 10.0. The summed E-state index contributed by atoms with van der Waals surface area (Å²) in [5.41, 5.74) is 1.35. The summed E-state index contributed by atoms with van der Waals surface area (Å²) in [5.74, 6) is 0.356. The van der Waals surface area contributed by atoms with Crippen molar-refractivity contribution in [2.45, 2.75) is 32.1 Å². The Hall–Kier alpha value is -1.66. The Morgan fingerprint density at radius 2 is 2.00 bits per heavy atom. The van der Waals surface area contributed by atoms with Gasteiger partial charge in [0, 0.05) is 6.54 Å². The smallest absolute Gasteiger partial charge is 0.337 e. The van der Waals surface area contributed by atoms with E-state index in [0.29, 0.717) is 21.3 Å². The number of nitrogens with zero attached hydrogens (tertiary/aromatic N) is 1. The molecular formula is C19H21NO3S2. The van der Waals surface area contributed by atoms with Gasteiger partial charge < -0.3 is 4.74 Å². The number of hydrogen-bond acceptors (Lipinski definition) is 5. The van der Waals surface area contributed by atoms with E-state index in [9.17, 15) is 9.59 Å². The lowest BCUT2D eigenvalue weighted by Crippen LogP contribution is -2.30. The SMILES string of the molecule is COC(=O)c1ccc(/C=C2\SC(=S)N(CCC3CCCC3)C2=O)cc1. The maximum absolute atomic E-state index is 12.6. The molecule has 0 unspecified atom stereocenters. The number of methoxy groups -OCH3 is 1. The molecule has 1 aliphatic heterocycles. The number of hydrogen-bond donors (Lipinski definition) is 0. The molecule has 0 atom stereocenters. The number of esters is 1. The fraction of sp³-hybridized carbons (Fsp3) is 0.421. The molecule has 0 spiro atoms. The van der Waals surface area contributed by atoms with Crippen LogP contribution in [-0.2, 0) is 9.53 Å². The molecule has 0 radical (unpaired) electrons. The van der Waals surface area contributed by atoms with Gasteiger partial charge in [0.2, 0.25) is 0 Å². The second kappa shape index (κ2) is 8.15. The van der Waals surface area contributed by atoms with Crippen LogP contribution in [0.3, 0.4) is 0 Å². The van der Waals surface area contributed by atoms with E-state index in [1.807, 2.05) is 6.08 Å². The molecule has 0 N–H and O–H groups in total. The minimum Gasteiger partial charge on any atom is -0.465 e. The summed E-state index contributed by atoms with van der Waals surface area (Å²) in [5, 5.41) is 0. The average Bonchev–Trinajstić information content (AvgIpc) is 3.22. The molecule has 2 fully saturated rings. The summed E-state index contributed by atoms with van der Waals surface area (Å²) in [6, 6.07) is 6.99. The molecule has 1 aliphatic carbocycles. The van der Waals surface area contributed by atoms with Crippen LogP contribution in [0.1, 0.15) is 48.0 Å². The predicted molar refractivity (Wildman–Crippen MR) is 104 cm³/mol. The number of carbonyl (C=O) groups is 2. The Morgan fingerprint density at radius 1 is 1.32 bits per heavy atom. The Bertz CT molecular complexity index is 706. The standard InChI is InChI=1S/C19H21NO3S2/c1-23-18(22)15-8-6-14(7-9-15)12-16-17(21)20(19(24)25-16)11-10-13-4-2-3-5-13/h6-9,12-13H,2-5,10-11H2,1H3/b16-12-. The van der Waals surface area contributed by atoms with Crippen LogP contribution in [0.5, 0.6) is 0 Å². The normalized spacial score (nSPS) is 19.9. The van der Waals surface area contributed by atoms with Crippen molar-refractivity contribution < 1.29 is 14.3 Å². The fourth-order valence-corrected chi connectivity index (χ4v) is 4.60. The average molecular weight is 376 g/mol. The van der Waals surface area contributed by atoms with Crippen molar-refractivity contribution >= 4 is 46.3 Å². The highest BCUT2D eigenvalue weighted by atomic mass is 32.2. The van der Waals surface area contributed by atoms with Crippen LogP contribution in [0.2, 0.25) is 0 Å². The van der Waals surface area contributed by atoms with E-state index in [1.54, 1.807) is 29.2 Å². The van der Waals surface area contributed by atoms with Gasteiger partial charge in [0.05, 0.1) is 17.6 Å². The van der Waals surface area contributed by atoms with Gasteiger partial charge in [0.25, 0.3) is 5.91 Å². The lowest BCUT2D eigenvalue weighted by molar-refractivity contribution is -0.122. The van der Waals surface area contributed by atoms with Gasteiger partial charge in [-0.15, -0.1) is 0 Å². The second-order valence-corrected chi connectivity index (χ2v) is 8.06. The first-order chi connectivity index (χ1) is 12.1. The van der Waals surface area contributed by atoms with Gasteiger partial charge in [-0.05, 0) is 36.1 Å². The topological polar surface area (TPSA) is 46.6 Å². The van der Waals surface area contributed by atoms with Crippen molar-refractivity contribution in [1.82, 2.24) is 4.90 Å². The number of ether oxygens (including phenoxy) is 1. The molecule has 1 aromatic rings. The molecule has 1 saturated heterocycles. The zero-order valence-corrected chi connectivity index (χ0v) is 15.8. The van der Waals surface area contributed by atoms with Gasteiger partial charge >= 0.3 is 5.97 Å². The highest BCUT2D eigenvalue weighted by Crippen LogP contribution is 2.34. The Kier molecular flexibility index (Phi) is 5.91. The largest absolute Gasteiger partial charge is 0.465 e. The van der Waals surface area contributed by atoms with Crippen molar-refractivity contribution in [3.05, 3.63) is 40.3 Å². The molecule has 132 valence electrons. The van der Waals surface area contributed by atoms with Crippen LogP contribution in [0.25, 0.3) is 6.08 Å². The van der Waals surface area contributed by atoms with E-state index < -0.39 is 0 Å². The third-order valence-electron chi connectivity index (χ3n) is 4.74. The summed E-state index contributed by atoms with van der Waals surface area (Å²) >= 11 is 6.74. The molecule has 3 rings (SSSR count). The van der Waals surface area contributed by atoms with E-state index in [4.69, 9.17) is 12.2 Å². The van der Waals surface area contributed by atoms with E-state index in [-0.39, 0.29) is 11.9 Å². The van der Waals surface area contributed by atoms with Crippen LogP contribution in [0.4, 0.5) is 0 Å². The fourth-order valence-electron chi connectivity index (χ4n) is 3.29. The van der Waals surface area contributed by atoms with E-state index in [0.717, 1.165) is 17.9 Å². The first-order valence-corrected chi connectivity index (χ1v) is 9.74. The van der Waals surface area contributed by atoms with Crippen LogP contribution >= 0.6 is 24.0 Å². The highest BCUT2D eigenvalue weighted by Gasteiger charge is 2.32. The molecule has 0 bridgehead atoms. The minimum atomic E-state index is -0.371. The quantitative estimate of drug-likeness (QED) is 0.437. The van der Waals surface area contributed by atoms with Crippen molar-refractivity contribution in [1.29, 1.82) is 0 Å². The van der Waals surface area contributed by atoms with Crippen LogP contribution in [0.15, 0.2) is 29.2 Å². The molecule has 2 aliphatic rings. The number of thioether (sulfide) groups is 1. The lowest BCUT2D eigenvalue weighted by Gasteiger charge is -2.17. The molecular weight excluding hydrogens is 354 g/mol. The summed E-state index contributed by atoms with van der Waals surface area (Å²) in [6.07, 6.45) is 8.03. The van der Waals surface area contributed by atoms with Gasteiger partial charge in [0.1, 0.15) is 4.32 Å². The van der Waals surface area contributed by atoms with Gasteiger partial charge in [-0.25, -0.2) is 4.79 Å². The number of benzene rings is 1. The molecule has 4 nitrogen and oxygen atoms in total. The Morgan fingerprint density at radius 3 is 2.64 bits per heavy atom. The summed E-state index contributed by atoms with van der Waals surface area (Å²) < 4.78 is 5.33. The summed E-state index contributed by atoms with van der Waals surface area (Å²) in [4.78, 5) is 26.5. The molecule has 1 amide bonds. The third kappa shape index (κ3) is 4.30. The van der Waals surface area contributed by atoms with Gasteiger partial charge in [0.15, 0.2) is 0 Å².